The molecule has 34 heavy (non-hydrogen) atoms. The predicted octanol–water partition coefficient (Wildman–Crippen LogP) is 4.70. The van der Waals surface area contributed by atoms with Gasteiger partial charge in [0, 0.05) is 0 Å². The molecule has 0 aromatic heterocycles. The summed E-state index contributed by atoms with van der Waals surface area (Å²) in [5.74, 6) is -0.710. The number of alkyl halides is 1. The molecule has 6 heteroatoms. The fourth-order valence-electron chi connectivity index (χ4n) is 4.11. The molecule has 1 fully saturated rings. The number of benzene rings is 3. The third-order valence-electron chi connectivity index (χ3n) is 5.97. The van der Waals surface area contributed by atoms with Crippen LogP contribution < -0.4 is 0 Å². The summed E-state index contributed by atoms with van der Waals surface area (Å²) >= 11 is 3.49. The van der Waals surface area contributed by atoms with Crippen LogP contribution in [0, 0.1) is 5.92 Å². The van der Waals surface area contributed by atoms with E-state index in [1.807, 2.05) is 91.0 Å². The van der Waals surface area contributed by atoms with Gasteiger partial charge in [-0.15, -0.1) is 0 Å². The molecule has 5 nitrogen and oxygen atoms in total. The van der Waals surface area contributed by atoms with Crippen molar-refractivity contribution in [2.24, 2.45) is 5.92 Å². The highest BCUT2D eigenvalue weighted by atomic mass is 79.9. The molecule has 3 aromatic carbocycles. The van der Waals surface area contributed by atoms with Crippen LogP contribution in [0.2, 0.25) is 0 Å². The van der Waals surface area contributed by atoms with Gasteiger partial charge in [0.1, 0.15) is 17.0 Å². The number of halogens is 1. The zero-order chi connectivity index (χ0) is 23.8. The van der Waals surface area contributed by atoms with E-state index in [1.54, 1.807) is 0 Å². The monoisotopic (exact) mass is 524 g/mol. The Balaban J connectivity index is 1.46. The van der Waals surface area contributed by atoms with Crippen LogP contribution in [0.1, 0.15) is 16.7 Å². The lowest BCUT2D eigenvalue weighted by Crippen LogP contribution is -2.59. The molecule has 0 bridgehead atoms. The Hall–Kier alpha value is -2.35. The molecule has 4 rings (SSSR count). The van der Waals surface area contributed by atoms with Crippen molar-refractivity contribution in [2.45, 2.75) is 43.0 Å². The Morgan fingerprint density at radius 1 is 0.676 bits per heavy atom. The number of ether oxygens (including phenoxy) is 3. The lowest BCUT2D eigenvalue weighted by molar-refractivity contribution is -0.177. The number of hydrogen-bond donors (Lipinski definition) is 1. The topological polar surface area (TPSA) is 65.0 Å². The molecular weight excluding hydrogens is 496 g/mol. The minimum Gasteiger partial charge on any atom is -0.388 e. The summed E-state index contributed by atoms with van der Waals surface area (Å²) in [5, 5.41) is 11.3. The molecule has 5 atom stereocenters. The van der Waals surface area contributed by atoms with Crippen LogP contribution in [0.3, 0.4) is 0 Å². The Bertz CT molecular complexity index is 1010. The number of aliphatic hydroxyl groups excluding tert-OH is 1. The maximum Gasteiger partial charge on any atom is 0.157 e. The Morgan fingerprint density at radius 2 is 1.12 bits per heavy atom. The van der Waals surface area contributed by atoms with Crippen molar-refractivity contribution in [3.05, 3.63) is 108 Å². The van der Waals surface area contributed by atoms with Crippen molar-refractivity contribution >= 4 is 21.7 Å². The molecule has 1 aliphatic rings. The van der Waals surface area contributed by atoms with Gasteiger partial charge in [0.25, 0.3) is 0 Å². The molecule has 0 spiro atoms. The van der Waals surface area contributed by atoms with E-state index in [4.69, 9.17) is 14.2 Å². The van der Waals surface area contributed by atoms with Crippen LogP contribution in [0.15, 0.2) is 91.0 Å². The summed E-state index contributed by atoms with van der Waals surface area (Å²) in [6.45, 7) is 1.10. The first-order valence-corrected chi connectivity index (χ1v) is 12.3. The maximum atomic E-state index is 13.4. The smallest absolute Gasteiger partial charge is 0.157 e. The van der Waals surface area contributed by atoms with E-state index >= 15 is 0 Å². The summed E-state index contributed by atoms with van der Waals surface area (Å²) in [6.07, 6.45) is -2.49. The van der Waals surface area contributed by atoms with Crippen LogP contribution >= 0.6 is 15.9 Å². The summed E-state index contributed by atoms with van der Waals surface area (Å²) in [6, 6.07) is 29.2. The number of Topliss-reactive ketones (excluding diaryl/α,β-unsaturated/α-hetero) is 1. The van der Waals surface area contributed by atoms with E-state index in [0.29, 0.717) is 13.2 Å². The van der Waals surface area contributed by atoms with E-state index in [1.165, 1.54) is 0 Å². The molecule has 0 unspecified atom stereocenters. The van der Waals surface area contributed by atoms with Gasteiger partial charge >= 0.3 is 0 Å². The number of rotatable bonds is 10. The van der Waals surface area contributed by atoms with Crippen molar-refractivity contribution in [2.75, 3.05) is 6.61 Å². The third kappa shape index (κ3) is 6.40. The van der Waals surface area contributed by atoms with Crippen LogP contribution in [0.5, 0.6) is 0 Å². The number of carbonyl (C=O) groups excluding carboxylic acids is 1. The van der Waals surface area contributed by atoms with Crippen molar-refractivity contribution in [1.29, 1.82) is 0 Å². The van der Waals surface area contributed by atoms with Gasteiger partial charge in [0.15, 0.2) is 5.78 Å². The molecule has 1 N–H and O–H groups in total. The SMILES string of the molecule is O=C1[C@H](Br)[C@H](OCc2ccccc2)[C@@H](O)[C@H](OCc2ccccc2)[C@H]1COCc1ccccc1. The largest absolute Gasteiger partial charge is 0.388 e. The minimum atomic E-state index is -1.00. The standard InChI is InChI=1S/C28H29BrO5/c29-24-25(30)23(19-32-16-20-10-4-1-5-11-20)27(33-17-21-12-6-2-7-13-21)26(31)28(24)34-18-22-14-8-3-9-15-22/h1-15,23-24,26-28,31H,16-19H2/t23-,24-,26-,27+,28-/m0/s1. The molecule has 0 amide bonds. The lowest BCUT2D eigenvalue weighted by atomic mass is 9.81. The molecule has 0 aliphatic heterocycles. The molecule has 3 aromatic rings. The zero-order valence-electron chi connectivity index (χ0n) is 18.8. The lowest BCUT2D eigenvalue weighted by Gasteiger charge is -2.41. The summed E-state index contributed by atoms with van der Waals surface area (Å²) in [5.41, 5.74) is 2.96. The highest BCUT2D eigenvalue weighted by Crippen LogP contribution is 2.33. The van der Waals surface area contributed by atoms with E-state index in [-0.39, 0.29) is 19.0 Å². The highest BCUT2D eigenvalue weighted by molar-refractivity contribution is 9.10. The van der Waals surface area contributed by atoms with E-state index in [2.05, 4.69) is 15.9 Å². The summed E-state index contributed by atoms with van der Waals surface area (Å²) in [7, 11) is 0. The Labute approximate surface area is 208 Å². The first-order chi connectivity index (χ1) is 16.6. The van der Waals surface area contributed by atoms with Gasteiger partial charge < -0.3 is 19.3 Å². The Morgan fingerprint density at radius 3 is 1.62 bits per heavy atom. The number of hydrogen-bond acceptors (Lipinski definition) is 5. The second-order valence-corrected chi connectivity index (χ2v) is 9.41. The molecule has 0 radical (unpaired) electrons. The second-order valence-electron chi connectivity index (χ2n) is 8.42. The first-order valence-electron chi connectivity index (χ1n) is 11.4. The first kappa shape index (κ1) is 24.8. The average Bonchev–Trinajstić information content (AvgIpc) is 2.88. The van der Waals surface area contributed by atoms with Gasteiger partial charge in [-0.25, -0.2) is 0 Å². The molecule has 1 saturated carbocycles. The van der Waals surface area contributed by atoms with Gasteiger partial charge in [-0.3, -0.25) is 4.79 Å². The predicted molar refractivity (Wildman–Crippen MR) is 133 cm³/mol. The van der Waals surface area contributed by atoms with Crippen molar-refractivity contribution in [1.82, 2.24) is 0 Å². The van der Waals surface area contributed by atoms with Gasteiger partial charge in [0.2, 0.25) is 0 Å². The van der Waals surface area contributed by atoms with E-state index in [9.17, 15) is 9.90 Å². The molecule has 0 saturated heterocycles. The number of aliphatic hydroxyl groups is 1. The van der Waals surface area contributed by atoms with Gasteiger partial charge in [0.05, 0.1) is 38.4 Å². The van der Waals surface area contributed by atoms with Gasteiger partial charge in [-0.05, 0) is 16.7 Å². The summed E-state index contributed by atoms with van der Waals surface area (Å²) < 4.78 is 18.1. The normalized spacial score (nSPS) is 24.8. The molecule has 1 aliphatic carbocycles. The fourth-order valence-corrected chi connectivity index (χ4v) is 4.92. The second kappa shape index (κ2) is 12.4. The highest BCUT2D eigenvalue weighted by Gasteiger charge is 2.50. The van der Waals surface area contributed by atoms with Crippen LogP contribution in [-0.2, 0) is 38.8 Å². The fraction of sp³-hybridized carbons (Fsp3) is 0.321. The molecule has 178 valence electrons. The number of ketones is 1. The minimum absolute atomic E-state index is 0.0884. The van der Waals surface area contributed by atoms with Crippen molar-refractivity contribution in [3.8, 4) is 0 Å². The molecule has 0 heterocycles. The van der Waals surface area contributed by atoms with Gasteiger partial charge in [-0.1, -0.05) is 107 Å². The third-order valence-corrected chi connectivity index (χ3v) is 6.95. The average molecular weight is 525 g/mol. The zero-order valence-corrected chi connectivity index (χ0v) is 20.4. The summed E-state index contributed by atoms with van der Waals surface area (Å²) in [4.78, 5) is 12.7. The quantitative estimate of drug-likeness (QED) is 0.389. The molecular formula is C28H29BrO5. The van der Waals surface area contributed by atoms with Crippen LogP contribution in [0.4, 0.5) is 0 Å². The van der Waals surface area contributed by atoms with Crippen LogP contribution in [-0.4, -0.2) is 40.6 Å². The van der Waals surface area contributed by atoms with Gasteiger partial charge in [-0.2, -0.15) is 0 Å². The van der Waals surface area contributed by atoms with E-state index in [0.717, 1.165) is 16.7 Å². The number of carbonyl (C=O) groups is 1. The van der Waals surface area contributed by atoms with Crippen molar-refractivity contribution in [3.63, 3.8) is 0 Å². The van der Waals surface area contributed by atoms with Crippen LogP contribution in [0.25, 0.3) is 0 Å². The van der Waals surface area contributed by atoms with E-state index < -0.39 is 29.1 Å². The van der Waals surface area contributed by atoms with Crippen molar-refractivity contribution < 1.29 is 24.1 Å². The maximum absolute atomic E-state index is 13.4. The Kier molecular flexibility index (Phi) is 9.02.